The van der Waals surface area contributed by atoms with Gasteiger partial charge in [-0.25, -0.2) is 4.98 Å². The molecule has 0 saturated carbocycles. The number of carbonyl (C=O) groups is 1. The Bertz CT molecular complexity index is 915. The molecule has 29 heavy (non-hydrogen) atoms. The number of likely N-dealkylation sites (N-methyl/N-ethyl adjacent to an activating group) is 1. The highest BCUT2D eigenvalue weighted by Gasteiger charge is 2.32. The van der Waals surface area contributed by atoms with E-state index in [0.717, 1.165) is 35.8 Å². The minimum absolute atomic E-state index is 0.0598. The fourth-order valence-electron chi connectivity index (χ4n) is 3.80. The highest BCUT2D eigenvalue weighted by Crippen LogP contribution is 2.34. The lowest BCUT2D eigenvalue weighted by molar-refractivity contribution is -0.124. The van der Waals surface area contributed by atoms with Gasteiger partial charge in [0.1, 0.15) is 17.7 Å². The molecule has 0 aromatic carbocycles. The van der Waals surface area contributed by atoms with E-state index in [-0.39, 0.29) is 17.9 Å². The predicted molar refractivity (Wildman–Crippen MR) is 115 cm³/mol. The molecule has 2 N–H and O–H groups in total. The lowest BCUT2D eigenvalue weighted by Gasteiger charge is -2.18. The average Bonchev–Trinajstić information content (AvgIpc) is 2.92. The van der Waals surface area contributed by atoms with Crippen molar-refractivity contribution in [1.29, 1.82) is 0 Å². The average molecular weight is 393 g/mol. The number of hydrogen-bond acceptors (Lipinski definition) is 5. The highest BCUT2D eigenvalue weighted by molar-refractivity contribution is 5.91. The lowest BCUT2D eigenvalue weighted by atomic mass is 9.92. The molecular weight excluding hydrogens is 364 g/mol. The molecule has 1 aromatic heterocycles. The molecule has 6 heteroatoms. The van der Waals surface area contributed by atoms with E-state index < -0.39 is 0 Å². The number of allylic oxidation sites excluding steroid dienone is 2. The standard InChI is InChI=1S/C23H28N4O2/c1-15-11-25-23-18(13-24-15)10-17(12-26-23)8-9-22(28)27(3)14-21-16(2)19-6-4-5-7-20(19)29-21/h4-10,12,15,19-20,24H,11,13-14H2,1-3H3,(H,25,26)/t15-,19?,20?/m1/s1. The smallest absolute Gasteiger partial charge is 0.246 e. The number of nitrogens with zero attached hydrogens (tertiary/aromatic N) is 2. The summed E-state index contributed by atoms with van der Waals surface area (Å²) in [4.78, 5) is 18.8. The largest absolute Gasteiger partial charge is 0.488 e. The Morgan fingerprint density at radius 1 is 1.38 bits per heavy atom. The molecule has 2 unspecified atom stereocenters. The number of nitrogens with one attached hydrogen (secondary N) is 2. The number of ether oxygens (including phenoxy) is 1. The Kier molecular flexibility index (Phi) is 5.53. The number of amides is 1. The van der Waals surface area contributed by atoms with Crippen LogP contribution >= 0.6 is 0 Å². The Morgan fingerprint density at radius 2 is 2.21 bits per heavy atom. The number of pyridine rings is 1. The summed E-state index contributed by atoms with van der Waals surface area (Å²) in [7, 11) is 1.80. The Hall–Kier alpha value is -2.86. The molecule has 3 aliphatic rings. The van der Waals surface area contributed by atoms with Crippen molar-refractivity contribution in [3.63, 3.8) is 0 Å². The van der Waals surface area contributed by atoms with Gasteiger partial charge in [-0.05, 0) is 43.2 Å². The summed E-state index contributed by atoms with van der Waals surface area (Å²) in [5, 5.41) is 6.80. The SMILES string of the molecule is CC1=C(CN(C)C(=O)C=Cc2cnc3c(c2)CN[C@H](C)CN3)OC2C=CC=CC12. The normalized spacial score (nSPS) is 25.3. The summed E-state index contributed by atoms with van der Waals surface area (Å²) >= 11 is 0. The van der Waals surface area contributed by atoms with Crippen molar-refractivity contribution < 1.29 is 9.53 Å². The first kappa shape index (κ1) is 19.5. The second kappa shape index (κ2) is 8.25. The van der Waals surface area contributed by atoms with Gasteiger partial charge in [-0.15, -0.1) is 0 Å². The predicted octanol–water partition coefficient (Wildman–Crippen LogP) is 2.87. The van der Waals surface area contributed by atoms with E-state index in [0.29, 0.717) is 12.6 Å². The Labute approximate surface area is 172 Å². The van der Waals surface area contributed by atoms with Gasteiger partial charge in [0, 0.05) is 49.9 Å². The number of rotatable bonds is 4. The van der Waals surface area contributed by atoms with Crippen LogP contribution in [0.3, 0.4) is 0 Å². The van der Waals surface area contributed by atoms with Gasteiger partial charge in [0.2, 0.25) is 5.91 Å². The molecule has 0 spiro atoms. The second-order valence-corrected chi connectivity index (χ2v) is 7.95. The molecule has 1 amide bonds. The van der Waals surface area contributed by atoms with Crippen LogP contribution in [0.25, 0.3) is 6.08 Å². The molecule has 152 valence electrons. The third-order valence-electron chi connectivity index (χ3n) is 5.68. The maximum absolute atomic E-state index is 12.6. The van der Waals surface area contributed by atoms with Gasteiger partial charge in [0.25, 0.3) is 0 Å². The number of carbonyl (C=O) groups excluding carboxylic acids is 1. The molecule has 0 radical (unpaired) electrons. The van der Waals surface area contributed by atoms with E-state index in [1.165, 1.54) is 5.57 Å². The van der Waals surface area contributed by atoms with Gasteiger partial charge >= 0.3 is 0 Å². The van der Waals surface area contributed by atoms with E-state index >= 15 is 0 Å². The highest BCUT2D eigenvalue weighted by atomic mass is 16.5. The van der Waals surface area contributed by atoms with Gasteiger partial charge < -0.3 is 20.3 Å². The first-order valence-electron chi connectivity index (χ1n) is 10.1. The van der Waals surface area contributed by atoms with E-state index in [1.807, 2.05) is 12.2 Å². The molecule has 0 bridgehead atoms. The van der Waals surface area contributed by atoms with E-state index in [2.05, 4.69) is 53.8 Å². The lowest BCUT2D eigenvalue weighted by Crippen LogP contribution is -2.29. The van der Waals surface area contributed by atoms with Crippen LogP contribution < -0.4 is 10.6 Å². The summed E-state index contributed by atoms with van der Waals surface area (Å²) < 4.78 is 6.04. The van der Waals surface area contributed by atoms with Crippen LogP contribution in [0.4, 0.5) is 5.82 Å². The fourth-order valence-corrected chi connectivity index (χ4v) is 3.80. The van der Waals surface area contributed by atoms with Crippen LogP contribution in [0, 0.1) is 5.92 Å². The Morgan fingerprint density at radius 3 is 3.03 bits per heavy atom. The molecule has 3 heterocycles. The van der Waals surface area contributed by atoms with Gasteiger partial charge in [-0.2, -0.15) is 0 Å². The van der Waals surface area contributed by atoms with Crippen molar-refractivity contribution in [2.45, 2.75) is 32.5 Å². The zero-order chi connectivity index (χ0) is 20.4. The molecule has 1 aliphatic carbocycles. The van der Waals surface area contributed by atoms with Crippen LogP contribution in [0.2, 0.25) is 0 Å². The van der Waals surface area contributed by atoms with Gasteiger partial charge in [-0.3, -0.25) is 4.79 Å². The zero-order valence-electron chi connectivity index (χ0n) is 17.2. The van der Waals surface area contributed by atoms with Crippen LogP contribution in [-0.4, -0.2) is 48.1 Å². The van der Waals surface area contributed by atoms with Crippen molar-refractivity contribution in [2.75, 3.05) is 25.5 Å². The summed E-state index contributed by atoms with van der Waals surface area (Å²) in [5.74, 6) is 2.02. The third-order valence-corrected chi connectivity index (χ3v) is 5.68. The van der Waals surface area contributed by atoms with E-state index in [9.17, 15) is 4.79 Å². The van der Waals surface area contributed by atoms with Gasteiger partial charge in [0.15, 0.2) is 0 Å². The molecule has 3 atom stereocenters. The first-order valence-corrected chi connectivity index (χ1v) is 10.1. The fraction of sp³-hybridized carbons (Fsp3) is 0.391. The number of fused-ring (bicyclic) bond motifs is 2. The number of hydrogen-bond donors (Lipinski definition) is 2. The van der Waals surface area contributed by atoms with E-state index in [1.54, 1.807) is 24.2 Å². The zero-order valence-corrected chi connectivity index (χ0v) is 17.2. The monoisotopic (exact) mass is 392 g/mol. The van der Waals surface area contributed by atoms with Crippen molar-refractivity contribution in [3.05, 3.63) is 65.1 Å². The maximum atomic E-state index is 12.6. The molecule has 0 fully saturated rings. The van der Waals surface area contributed by atoms with Crippen LogP contribution in [0.1, 0.15) is 25.0 Å². The van der Waals surface area contributed by atoms with Crippen LogP contribution in [0.15, 0.2) is 54.0 Å². The molecule has 1 aromatic rings. The Balaban J connectivity index is 1.39. The third kappa shape index (κ3) is 4.27. The summed E-state index contributed by atoms with van der Waals surface area (Å²) in [6.45, 7) is 6.31. The summed E-state index contributed by atoms with van der Waals surface area (Å²) in [6.07, 6.45) is 13.6. The van der Waals surface area contributed by atoms with E-state index in [4.69, 9.17) is 4.74 Å². The molecule has 6 nitrogen and oxygen atoms in total. The van der Waals surface area contributed by atoms with Gasteiger partial charge in [-0.1, -0.05) is 18.2 Å². The molecule has 0 saturated heterocycles. The number of aromatic nitrogens is 1. The molecule has 2 aliphatic heterocycles. The molecule has 4 rings (SSSR count). The quantitative estimate of drug-likeness (QED) is 0.772. The summed E-state index contributed by atoms with van der Waals surface area (Å²) in [6, 6.07) is 2.46. The number of anilines is 1. The van der Waals surface area contributed by atoms with Crippen molar-refractivity contribution >= 4 is 17.8 Å². The topological polar surface area (TPSA) is 66.5 Å². The maximum Gasteiger partial charge on any atom is 0.246 e. The van der Waals surface area contributed by atoms with Crippen molar-refractivity contribution in [1.82, 2.24) is 15.2 Å². The molecular formula is C23H28N4O2. The van der Waals surface area contributed by atoms with Crippen molar-refractivity contribution in [3.8, 4) is 0 Å². The summed E-state index contributed by atoms with van der Waals surface area (Å²) in [5.41, 5.74) is 3.22. The minimum Gasteiger partial charge on any atom is -0.488 e. The van der Waals surface area contributed by atoms with Crippen LogP contribution in [0.5, 0.6) is 0 Å². The van der Waals surface area contributed by atoms with Gasteiger partial charge in [0.05, 0.1) is 6.54 Å². The second-order valence-electron chi connectivity index (χ2n) is 7.95. The van der Waals surface area contributed by atoms with Crippen LogP contribution in [-0.2, 0) is 16.1 Å². The van der Waals surface area contributed by atoms with Crippen molar-refractivity contribution in [2.24, 2.45) is 5.92 Å². The first-order chi connectivity index (χ1) is 14.0. The minimum atomic E-state index is -0.0605.